The second-order valence-electron chi connectivity index (χ2n) is 7.79. The Balaban J connectivity index is 1.26. The Hall–Kier alpha value is -1.94. The van der Waals surface area contributed by atoms with Gasteiger partial charge in [-0.2, -0.15) is 0 Å². The standard InChI is InChI=1S/C21H23ClF2N2O4S/c22-15-4-5-19-20(10-15)30-16(13-29-19)12-26-8-6-14(7-9-26)11-25-31(27,28)21-17(23)2-1-3-18(21)24/h1-5,10,14,16,25H,6-9,11-13H2. The summed E-state index contributed by atoms with van der Waals surface area (Å²) in [4.78, 5) is 1.31. The van der Waals surface area contributed by atoms with E-state index in [1.165, 1.54) is 0 Å². The van der Waals surface area contributed by atoms with Crippen LogP contribution in [0.1, 0.15) is 12.8 Å². The summed E-state index contributed by atoms with van der Waals surface area (Å²) in [6.07, 6.45) is 1.40. The molecule has 1 unspecified atom stereocenters. The van der Waals surface area contributed by atoms with Crippen LogP contribution in [0, 0.1) is 17.6 Å². The molecule has 2 aliphatic rings. The van der Waals surface area contributed by atoms with E-state index in [4.69, 9.17) is 21.1 Å². The molecule has 2 heterocycles. The van der Waals surface area contributed by atoms with Crippen LogP contribution in [-0.4, -0.2) is 52.2 Å². The maximum Gasteiger partial charge on any atom is 0.246 e. The first kappa shape index (κ1) is 22.3. The van der Waals surface area contributed by atoms with Crippen LogP contribution < -0.4 is 14.2 Å². The van der Waals surface area contributed by atoms with Crippen molar-refractivity contribution in [3.63, 3.8) is 0 Å². The lowest BCUT2D eigenvalue weighted by Gasteiger charge is -2.35. The molecule has 6 nitrogen and oxygen atoms in total. The van der Waals surface area contributed by atoms with E-state index in [1.807, 2.05) is 0 Å². The number of nitrogens with zero attached hydrogens (tertiary/aromatic N) is 1. The monoisotopic (exact) mass is 472 g/mol. The number of fused-ring (bicyclic) bond motifs is 1. The number of nitrogens with one attached hydrogen (secondary N) is 1. The summed E-state index contributed by atoms with van der Waals surface area (Å²) >= 11 is 6.01. The van der Waals surface area contributed by atoms with E-state index < -0.39 is 26.6 Å². The van der Waals surface area contributed by atoms with Crippen LogP contribution in [0.2, 0.25) is 5.02 Å². The normalized spacial score (nSPS) is 20.0. The molecule has 10 heteroatoms. The Morgan fingerprint density at radius 1 is 1.10 bits per heavy atom. The average molecular weight is 473 g/mol. The van der Waals surface area contributed by atoms with Crippen molar-refractivity contribution in [2.24, 2.45) is 5.92 Å². The Morgan fingerprint density at radius 3 is 2.52 bits per heavy atom. The van der Waals surface area contributed by atoms with Crippen molar-refractivity contribution in [3.8, 4) is 11.5 Å². The lowest BCUT2D eigenvalue weighted by Crippen LogP contribution is -2.45. The minimum atomic E-state index is -4.25. The van der Waals surface area contributed by atoms with Gasteiger partial charge in [-0.15, -0.1) is 0 Å². The fraction of sp³-hybridized carbons (Fsp3) is 0.429. The third-order valence-electron chi connectivity index (χ3n) is 5.54. The van der Waals surface area contributed by atoms with Gasteiger partial charge in [-0.05, 0) is 56.1 Å². The van der Waals surface area contributed by atoms with Gasteiger partial charge in [0.2, 0.25) is 10.0 Å². The fourth-order valence-electron chi connectivity index (χ4n) is 3.88. The Kier molecular flexibility index (Phi) is 6.66. The van der Waals surface area contributed by atoms with E-state index in [1.54, 1.807) is 18.2 Å². The smallest absolute Gasteiger partial charge is 0.246 e. The van der Waals surface area contributed by atoms with E-state index >= 15 is 0 Å². The van der Waals surface area contributed by atoms with Gasteiger partial charge in [0, 0.05) is 24.2 Å². The lowest BCUT2D eigenvalue weighted by atomic mass is 9.97. The summed E-state index contributed by atoms with van der Waals surface area (Å²) in [5, 5.41) is 0.585. The summed E-state index contributed by atoms with van der Waals surface area (Å²) in [5.74, 6) is -0.796. The van der Waals surface area contributed by atoms with Crippen LogP contribution in [-0.2, 0) is 10.0 Å². The van der Waals surface area contributed by atoms with Crippen LogP contribution >= 0.6 is 11.6 Å². The first-order valence-corrected chi connectivity index (χ1v) is 11.9. The molecule has 1 saturated heterocycles. The van der Waals surface area contributed by atoms with Gasteiger partial charge in [-0.25, -0.2) is 21.9 Å². The van der Waals surface area contributed by atoms with Crippen molar-refractivity contribution >= 4 is 21.6 Å². The van der Waals surface area contributed by atoms with Gasteiger partial charge < -0.3 is 9.47 Å². The molecule has 2 aliphatic heterocycles. The number of sulfonamides is 1. The minimum absolute atomic E-state index is 0.0870. The number of rotatable bonds is 6. The van der Waals surface area contributed by atoms with Crippen LogP contribution in [0.15, 0.2) is 41.3 Å². The number of hydrogen-bond acceptors (Lipinski definition) is 5. The average Bonchev–Trinajstić information content (AvgIpc) is 2.73. The van der Waals surface area contributed by atoms with Gasteiger partial charge in [0.05, 0.1) is 0 Å². The van der Waals surface area contributed by atoms with Crippen molar-refractivity contribution in [2.45, 2.75) is 23.8 Å². The van der Waals surface area contributed by atoms with Crippen LogP contribution in [0.25, 0.3) is 0 Å². The van der Waals surface area contributed by atoms with Gasteiger partial charge in [0.25, 0.3) is 0 Å². The molecule has 1 N–H and O–H groups in total. The Labute approximate surface area is 185 Å². The molecule has 2 aromatic rings. The third-order valence-corrected chi connectivity index (χ3v) is 7.25. The van der Waals surface area contributed by atoms with Crippen LogP contribution in [0.5, 0.6) is 11.5 Å². The number of benzene rings is 2. The van der Waals surface area contributed by atoms with E-state index in [2.05, 4.69) is 9.62 Å². The van der Waals surface area contributed by atoms with Gasteiger partial charge in [0.1, 0.15) is 24.3 Å². The van der Waals surface area contributed by atoms with E-state index in [0.717, 1.165) is 44.1 Å². The molecule has 0 bridgehead atoms. The van der Waals surface area contributed by atoms with E-state index in [-0.39, 0.29) is 18.6 Å². The maximum atomic E-state index is 13.8. The molecule has 0 aliphatic carbocycles. The molecule has 168 valence electrons. The molecule has 0 aromatic heterocycles. The summed E-state index contributed by atoms with van der Waals surface area (Å²) in [6, 6.07) is 8.27. The van der Waals surface area contributed by atoms with Gasteiger partial charge >= 0.3 is 0 Å². The molecule has 0 spiro atoms. The first-order valence-electron chi connectivity index (χ1n) is 10.1. The largest absolute Gasteiger partial charge is 0.486 e. The summed E-state index contributed by atoms with van der Waals surface area (Å²) in [5.41, 5.74) is 0. The molecule has 1 atom stereocenters. The minimum Gasteiger partial charge on any atom is -0.486 e. The van der Waals surface area contributed by atoms with Crippen LogP contribution in [0.3, 0.4) is 0 Å². The zero-order chi connectivity index (χ0) is 22.0. The zero-order valence-electron chi connectivity index (χ0n) is 16.7. The molecular formula is C21H23ClF2N2O4S. The second-order valence-corrected chi connectivity index (χ2v) is 9.93. The van der Waals surface area contributed by atoms with Crippen LogP contribution in [0.4, 0.5) is 8.78 Å². The maximum absolute atomic E-state index is 13.8. The molecular weight excluding hydrogens is 450 g/mol. The highest BCUT2D eigenvalue weighted by molar-refractivity contribution is 7.89. The number of ether oxygens (including phenoxy) is 2. The summed E-state index contributed by atoms with van der Waals surface area (Å²) in [6.45, 7) is 2.80. The third kappa shape index (κ3) is 5.28. The van der Waals surface area contributed by atoms with E-state index in [0.29, 0.717) is 29.7 Å². The van der Waals surface area contributed by atoms with Crippen molar-refractivity contribution in [3.05, 3.63) is 53.1 Å². The van der Waals surface area contributed by atoms with Gasteiger partial charge in [-0.1, -0.05) is 17.7 Å². The first-order chi connectivity index (χ1) is 14.8. The van der Waals surface area contributed by atoms with Crippen molar-refractivity contribution in [1.29, 1.82) is 0 Å². The fourth-order valence-corrected chi connectivity index (χ4v) is 5.29. The summed E-state index contributed by atoms with van der Waals surface area (Å²) < 4.78 is 66.4. The van der Waals surface area contributed by atoms with Crippen molar-refractivity contribution in [1.82, 2.24) is 9.62 Å². The molecule has 0 radical (unpaired) electrons. The Bertz CT molecular complexity index is 1030. The molecule has 0 saturated carbocycles. The zero-order valence-corrected chi connectivity index (χ0v) is 18.3. The highest BCUT2D eigenvalue weighted by Gasteiger charge is 2.28. The topological polar surface area (TPSA) is 67.9 Å². The number of hydrogen-bond donors (Lipinski definition) is 1. The molecule has 0 amide bonds. The van der Waals surface area contributed by atoms with Gasteiger partial charge in [0.15, 0.2) is 16.4 Å². The van der Waals surface area contributed by atoms with Crippen molar-refractivity contribution in [2.75, 3.05) is 32.8 Å². The quantitative estimate of drug-likeness (QED) is 0.697. The lowest BCUT2D eigenvalue weighted by molar-refractivity contribution is 0.0481. The van der Waals surface area contributed by atoms with Gasteiger partial charge in [-0.3, -0.25) is 4.90 Å². The number of likely N-dealkylation sites (tertiary alicyclic amines) is 1. The van der Waals surface area contributed by atoms with Crippen molar-refractivity contribution < 1.29 is 26.7 Å². The Morgan fingerprint density at radius 2 is 1.81 bits per heavy atom. The highest BCUT2D eigenvalue weighted by Crippen LogP contribution is 2.34. The predicted molar refractivity (Wildman–Crippen MR) is 112 cm³/mol. The summed E-state index contributed by atoms with van der Waals surface area (Å²) in [7, 11) is -4.25. The molecule has 1 fully saturated rings. The predicted octanol–water partition coefficient (Wildman–Crippen LogP) is 3.45. The SMILES string of the molecule is O=S(=O)(NCC1CCN(CC2COc3ccc(Cl)cc3O2)CC1)c1c(F)cccc1F. The highest BCUT2D eigenvalue weighted by atomic mass is 35.5. The number of halogens is 3. The number of piperidine rings is 1. The molecule has 31 heavy (non-hydrogen) atoms. The van der Waals surface area contributed by atoms with E-state index in [9.17, 15) is 17.2 Å². The molecule has 2 aromatic carbocycles. The second kappa shape index (κ2) is 9.28. The molecule has 4 rings (SSSR count).